The molecule has 1 unspecified atom stereocenters. The average molecular weight is 255 g/mol. The molecular weight excluding hydrogens is 245 g/mol. The van der Waals surface area contributed by atoms with Gasteiger partial charge in [0.2, 0.25) is 0 Å². The Hall–Kier alpha value is -2.31. The number of carbonyl (C=O) groups is 2. The van der Waals surface area contributed by atoms with E-state index in [1.807, 2.05) is 0 Å². The summed E-state index contributed by atoms with van der Waals surface area (Å²) >= 11 is 0. The first-order valence-corrected chi connectivity index (χ1v) is 4.94. The highest BCUT2D eigenvalue weighted by Crippen LogP contribution is 2.17. The van der Waals surface area contributed by atoms with Crippen LogP contribution in [0.15, 0.2) is 30.3 Å². The van der Waals surface area contributed by atoms with E-state index < -0.39 is 22.5 Å². The van der Waals surface area contributed by atoms with E-state index in [1.165, 1.54) is 0 Å². The van der Waals surface area contributed by atoms with E-state index in [9.17, 15) is 24.1 Å². The summed E-state index contributed by atoms with van der Waals surface area (Å²) in [5, 5.41) is 10.4. The van der Waals surface area contributed by atoms with Gasteiger partial charge in [-0.3, -0.25) is 14.9 Å². The van der Waals surface area contributed by atoms with E-state index in [2.05, 4.69) is 4.74 Å². The van der Waals surface area contributed by atoms with Crippen LogP contribution < -0.4 is 0 Å². The Morgan fingerprint density at radius 1 is 1.39 bits per heavy atom. The summed E-state index contributed by atoms with van der Waals surface area (Å²) in [6, 6.07) is 8.21. The second-order valence-electron chi connectivity index (χ2n) is 3.50. The number of nitrogens with zero attached hydrogens (tertiary/aromatic N) is 1. The number of ether oxygens (including phenoxy) is 1. The molecule has 0 radical (unpaired) electrons. The molecule has 0 aliphatic rings. The Morgan fingerprint density at radius 3 is 2.39 bits per heavy atom. The van der Waals surface area contributed by atoms with E-state index in [1.54, 1.807) is 30.3 Å². The minimum atomic E-state index is -3.84. The number of alkyl halides is 1. The van der Waals surface area contributed by atoms with Crippen LogP contribution in [0.3, 0.4) is 0 Å². The largest absolute Gasteiger partial charge is 0.513 e. The van der Waals surface area contributed by atoms with Gasteiger partial charge in [0.05, 0.1) is 4.92 Å². The van der Waals surface area contributed by atoms with Crippen molar-refractivity contribution in [3.8, 4) is 0 Å². The van der Waals surface area contributed by atoms with Crippen LogP contribution in [0.2, 0.25) is 0 Å². The maximum atomic E-state index is 13.6. The van der Waals surface area contributed by atoms with Gasteiger partial charge in [0, 0.05) is 6.92 Å². The highest BCUT2D eigenvalue weighted by atomic mass is 19.1. The number of carbonyl (C=O) groups excluding carboxylic acids is 2. The Morgan fingerprint density at radius 2 is 1.94 bits per heavy atom. The standard InChI is InChI=1S/C11H10FNO5/c1-8(14)11(12,13(16)17)10(15)18-7-9-5-3-2-4-6-9/h2-6H,7H2,1H3. The third kappa shape index (κ3) is 2.68. The Kier molecular flexibility index (Phi) is 4.09. The molecular formula is C11H10FNO5. The van der Waals surface area contributed by atoms with Crippen molar-refractivity contribution in [3.05, 3.63) is 46.0 Å². The van der Waals surface area contributed by atoms with Crippen molar-refractivity contribution < 1.29 is 23.6 Å². The fourth-order valence-corrected chi connectivity index (χ4v) is 1.17. The molecule has 0 saturated heterocycles. The minimum Gasteiger partial charge on any atom is -0.453 e. The van der Waals surface area contributed by atoms with Gasteiger partial charge in [-0.1, -0.05) is 30.3 Å². The Labute approximate surface area is 102 Å². The summed E-state index contributed by atoms with van der Waals surface area (Å²) in [6.45, 7) is 0.277. The molecule has 1 rings (SSSR count). The lowest BCUT2D eigenvalue weighted by molar-refractivity contribution is -0.570. The molecule has 0 aromatic heterocycles. The second-order valence-corrected chi connectivity index (χ2v) is 3.50. The monoisotopic (exact) mass is 255 g/mol. The van der Waals surface area contributed by atoms with Gasteiger partial charge in [-0.05, 0) is 5.56 Å². The summed E-state index contributed by atoms with van der Waals surface area (Å²) in [5.74, 6) is -7.18. The minimum absolute atomic E-state index is 0.341. The number of rotatable bonds is 5. The van der Waals surface area contributed by atoms with E-state index in [-0.39, 0.29) is 6.61 Å². The summed E-state index contributed by atoms with van der Waals surface area (Å²) in [5.41, 5.74) is 0.528. The van der Waals surface area contributed by atoms with Gasteiger partial charge < -0.3 is 4.74 Å². The zero-order valence-electron chi connectivity index (χ0n) is 9.46. The van der Waals surface area contributed by atoms with Gasteiger partial charge in [-0.2, -0.15) is 0 Å². The Balaban J connectivity index is 2.76. The van der Waals surface area contributed by atoms with Crippen LogP contribution in [0.25, 0.3) is 0 Å². The number of nitro groups is 1. The lowest BCUT2D eigenvalue weighted by atomic mass is 10.2. The first kappa shape index (κ1) is 13.8. The van der Waals surface area contributed by atoms with Gasteiger partial charge in [0.1, 0.15) is 6.61 Å². The van der Waals surface area contributed by atoms with Gasteiger partial charge in [-0.15, -0.1) is 4.39 Å². The fourth-order valence-electron chi connectivity index (χ4n) is 1.17. The molecule has 0 heterocycles. The number of Topliss-reactive ketones (excluding diaryl/α,β-unsaturated/α-hetero) is 1. The molecule has 1 aromatic carbocycles. The topological polar surface area (TPSA) is 86.5 Å². The van der Waals surface area contributed by atoms with Gasteiger partial charge in [-0.25, -0.2) is 4.79 Å². The molecule has 7 heteroatoms. The molecule has 1 aromatic rings. The molecule has 0 spiro atoms. The highest BCUT2D eigenvalue weighted by molar-refractivity contribution is 6.03. The van der Waals surface area contributed by atoms with E-state index in [0.717, 1.165) is 0 Å². The van der Waals surface area contributed by atoms with Crippen LogP contribution in [0.1, 0.15) is 12.5 Å². The van der Waals surface area contributed by atoms with Crippen LogP contribution in [-0.4, -0.2) is 22.5 Å². The predicted octanol–water partition coefficient (Wildman–Crippen LogP) is 1.26. The van der Waals surface area contributed by atoms with Gasteiger partial charge >= 0.3 is 11.8 Å². The molecule has 6 nitrogen and oxygen atoms in total. The quantitative estimate of drug-likeness (QED) is 0.260. The smallest absolute Gasteiger partial charge is 0.453 e. The first-order valence-electron chi connectivity index (χ1n) is 4.94. The summed E-state index contributed by atoms with van der Waals surface area (Å²) < 4.78 is 18.0. The molecule has 18 heavy (non-hydrogen) atoms. The van der Waals surface area contributed by atoms with Gasteiger partial charge in [0.25, 0.3) is 5.78 Å². The zero-order chi connectivity index (χ0) is 13.8. The van der Waals surface area contributed by atoms with Crippen LogP contribution in [0, 0.1) is 10.1 Å². The maximum Gasteiger partial charge on any atom is 0.513 e. The predicted molar refractivity (Wildman–Crippen MR) is 57.8 cm³/mol. The zero-order valence-corrected chi connectivity index (χ0v) is 9.46. The summed E-state index contributed by atoms with van der Waals surface area (Å²) in [6.07, 6.45) is 0. The molecule has 0 bridgehead atoms. The van der Waals surface area contributed by atoms with Crippen LogP contribution in [0.4, 0.5) is 4.39 Å². The molecule has 0 fully saturated rings. The summed E-state index contributed by atoms with van der Waals surface area (Å²) in [7, 11) is 0. The van der Waals surface area contributed by atoms with E-state index in [4.69, 9.17) is 0 Å². The molecule has 0 aliphatic carbocycles. The average Bonchev–Trinajstić information content (AvgIpc) is 2.35. The van der Waals surface area contributed by atoms with Crippen molar-refractivity contribution in [2.75, 3.05) is 0 Å². The highest BCUT2D eigenvalue weighted by Gasteiger charge is 2.59. The number of esters is 1. The van der Waals surface area contributed by atoms with E-state index >= 15 is 0 Å². The van der Waals surface area contributed by atoms with Crippen LogP contribution in [0.5, 0.6) is 0 Å². The van der Waals surface area contributed by atoms with Crippen molar-refractivity contribution in [1.82, 2.24) is 0 Å². The van der Waals surface area contributed by atoms with E-state index in [0.29, 0.717) is 12.5 Å². The lowest BCUT2D eigenvalue weighted by Gasteiger charge is -2.12. The van der Waals surface area contributed by atoms with Crippen molar-refractivity contribution >= 4 is 11.8 Å². The van der Waals surface area contributed by atoms with Crippen molar-refractivity contribution in [3.63, 3.8) is 0 Å². The third-order valence-corrected chi connectivity index (χ3v) is 2.20. The normalized spacial score (nSPS) is 13.4. The number of hydrogen-bond acceptors (Lipinski definition) is 5. The number of hydrogen-bond donors (Lipinski definition) is 0. The third-order valence-electron chi connectivity index (χ3n) is 2.20. The number of benzene rings is 1. The summed E-state index contributed by atoms with van der Waals surface area (Å²) in [4.78, 5) is 30.9. The fraction of sp³-hybridized carbons (Fsp3) is 0.273. The SMILES string of the molecule is CC(=O)C(F)(C(=O)OCc1ccccc1)[N+](=O)[O-]. The first-order chi connectivity index (χ1) is 8.39. The molecule has 0 amide bonds. The molecule has 0 saturated carbocycles. The van der Waals surface area contributed by atoms with Crippen molar-refractivity contribution in [1.29, 1.82) is 0 Å². The molecule has 0 aliphatic heterocycles. The maximum absolute atomic E-state index is 13.6. The van der Waals surface area contributed by atoms with Crippen LogP contribution in [-0.2, 0) is 20.9 Å². The van der Waals surface area contributed by atoms with Crippen molar-refractivity contribution in [2.45, 2.75) is 19.3 Å². The number of halogens is 1. The molecule has 1 atom stereocenters. The van der Waals surface area contributed by atoms with Crippen LogP contribution >= 0.6 is 0 Å². The second kappa shape index (κ2) is 5.35. The van der Waals surface area contributed by atoms with Gasteiger partial charge in [0.15, 0.2) is 0 Å². The van der Waals surface area contributed by atoms with Crippen molar-refractivity contribution in [2.24, 2.45) is 0 Å². The molecule has 0 N–H and O–H groups in total. The number of ketones is 1. The lowest BCUT2D eigenvalue weighted by Crippen LogP contribution is -2.49. The Bertz CT molecular complexity index is 460. The molecule has 96 valence electrons.